The van der Waals surface area contributed by atoms with E-state index in [9.17, 15) is 22.0 Å². The maximum atomic E-state index is 13.3. The first-order valence-electron chi connectivity index (χ1n) is 8.12. The molecule has 1 aliphatic rings. The number of rotatable bonds is 4. The number of nitrogens with one attached hydrogen (secondary N) is 1. The molecule has 27 heavy (non-hydrogen) atoms. The lowest BCUT2D eigenvalue weighted by atomic mass is 9.93. The normalized spacial score (nSPS) is 16.2. The fourth-order valence-electron chi connectivity index (χ4n) is 3.14. The Bertz CT molecular complexity index is 1030. The van der Waals surface area contributed by atoms with E-state index in [-0.39, 0.29) is 29.1 Å². The quantitative estimate of drug-likeness (QED) is 0.853. The van der Waals surface area contributed by atoms with Crippen LogP contribution in [0, 0.1) is 6.92 Å². The lowest BCUT2D eigenvalue weighted by Gasteiger charge is -2.31. The number of Topliss-reactive ketones (excluding diaryl/α,β-unsaturated/α-hetero) is 1. The lowest BCUT2D eigenvalue weighted by Crippen LogP contribution is -2.35. The van der Waals surface area contributed by atoms with Crippen LogP contribution < -0.4 is 9.46 Å². The minimum Gasteiger partial charge on any atom is -0.487 e. The van der Waals surface area contributed by atoms with Gasteiger partial charge >= 0.3 is 0 Å². The monoisotopic (exact) mass is 399 g/mol. The van der Waals surface area contributed by atoms with E-state index in [4.69, 9.17) is 4.74 Å². The Labute approximate surface area is 155 Å². The molecule has 1 aromatic carbocycles. The zero-order chi connectivity index (χ0) is 20.1. The average Bonchev–Trinajstić information content (AvgIpc) is 2.82. The van der Waals surface area contributed by atoms with Gasteiger partial charge in [0.1, 0.15) is 11.4 Å². The fraction of sp³-hybridized carbons (Fsp3) is 0.412. The number of carbonyl (C=O) groups excluding carboxylic acids is 1. The van der Waals surface area contributed by atoms with Gasteiger partial charge in [0, 0.05) is 12.7 Å². The molecule has 0 saturated heterocycles. The largest absolute Gasteiger partial charge is 0.487 e. The smallest absolute Gasteiger partial charge is 0.279 e. The molecule has 10 heteroatoms. The van der Waals surface area contributed by atoms with Crippen molar-refractivity contribution < 1.29 is 26.7 Å². The Morgan fingerprint density at radius 3 is 2.63 bits per heavy atom. The maximum absolute atomic E-state index is 13.3. The second kappa shape index (κ2) is 6.29. The van der Waals surface area contributed by atoms with Crippen LogP contribution in [-0.4, -0.2) is 29.6 Å². The molecule has 0 atom stereocenters. The Balaban J connectivity index is 1.99. The van der Waals surface area contributed by atoms with Crippen LogP contribution in [0.15, 0.2) is 23.2 Å². The van der Waals surface area contributed by atoms with Gasteiger partial charge in [-0.15, -0.1) is 0 Å². The van der Waals surface area contributed by atoms with Crippen molar-refractivity contribution in [3.63, 3.8) is 0 Å². The van der Waals surface area contributed by atoms with E-state index in [0.29, 0.717) is 5.75 Å². The molecule has 0 bridgehead atoms. The van der Waals surface area contributed by atoms with E-state index in [0.717, 1.165) is 4.68 Å². The van der Waals surface area contributed by atoms with Gasteiger partial charge < -0.3 is 4.74 Å². The van der Waals surface area contributed by atoms with Crippen molar-refractivity contribution >= 4 is 21.5 Å². The SMILES string of the molecule is Cc1nn(C)c(S(=O)(=O)Nc2ccc3c(c2)C(=O)CC(C)(C)O3)c1C(F)F. The first kappa shape index (κ1) is 19.3. The molecule has 0 fully saturated rings. The summed E-state index contributed by atoms with van der Waals surface area (Å²) in [4.78, 5) is 12.3. The summed E-state index contributed by atoms with van der Waals surface area (Å²) in [6.45, 7) is 4.87. The van der Waals surface area contributed by atoms with E-state index in [1.54, 1.807) is 13.8 Å². The summed E-state index contributed by atoms with van der Waals surface area (Å²) < 4.78 is 60.9. The first-order chi connectivity index (χ1) is 12.4. The fourth-order valence-corrected chi connectivity index (χ4v) is 4.59. The van der Waals surface area contributed by atoms with Crippen molar-refractivity contribution in [3.05, 3.63) is 35.0 Å². The molecule has 0 amide bonds. The molecule has 2 aromatic rings. The number of anilines is 1. The number of ether oxygens (including phenoxy) is 1. The van der Waals surface area contributed by atoms with Crippen molar-refractivity contribution in [3.8, 4) is 5.75 Å². The van der Waals surface area contributed by atoms with Crippen LogP contribution >= 0.6 is 0 Å². The Morgan fingerprint density at radius 2 is 2.00 bits per heavy atom. The van der Waals surface area contributed by atoms with E-state index in [1.807, 2.05) is 0 Å². The molecule has 3 rings (SSSR count). The molecule has 1 aromatic heterocycles. The standard InChI is InChI=1S/C17H19F2N3O4S/c1-9-14(15(18)19)16(22(4)20-9)27(24,25)21-10-5-6-13-11(7-10)12(23)8-17(2,3)26-13/h5-7,15,21H,8H2,1-4H3. The predicted molar refractivity (Wildman–Crippen MR) is 93.8 cm³/mol. The third-order valence-electron chi connectivity index (χ3n) is 4.19. The minimum absolute atomic E-state index is 0.0656. The van der Waals surface area contributed by atoms with Gasteiger partial charge in [-0.25, -0.2) is 8.78 Å². The number of carbonyl (C=O) groups is 1. The molecule has 0 radical (unpaired) electrons. The summed E-state index contributed by atoms with van der Waals surface area (Å²) in [5.41, 5.74) is -1.05. The third-order valence-corrected chi connectivity index (χ3v) is 5.69. The summed E-state index contributed by atoms with van der Waals surface area (Å²) in [7, 11) is -3.07. The number of fused-ring (bicyclic) bond motifs is 1. The molecule has 1 aliphatic heterocycles. The van der Waals surface area contributed by atoms with Gasteiger partial charge in [-0.3, -0.25) is 14.2 Å². The van der Waals surface area contributed by atoms with Crippen LogP contribution in [0.4, 0.5) is 14.5 Å². The molecule has 2 heterocycles. The number of nitrogens with zero attached hydrogens (tertiary/aromatic N) is 2. The van der Waals surface area contributed by atoms with Crippen LogP contribution in [0.5, 0.6) is 5.75 Å². The highest BCUT2D eigenvalue weighted by Gasteiger charge is 2.34. The number of alkyl halides is 2. The zero-order valence-corrected chi connectivity index (χ0v) is 16.0. The average molecular weight is 399 g/mol. The highest BCUT2D eigenvalue weighted by atomic mass is 32.2. The number of hydrogen-bond donors (Lipinski definition) is 1. The lowest BCUT2D eigenvalue weighted by molar-refractivity contribution is 0.0620. The van der Waals surface area contributed by atoms with Gasteiger partial charge in [0.15, 0.2) is 10.8 Å². The second-order valence-corrected chi connectivity index (χ2v) is 8.60. The van der Waals surface area contributed by atoms with Gasteiger partial charge in [-0.2, -0.15) is 13.5 Å². The van der Waals surface area contributed by atoms with Crippen LogP contribution in [0.25, 0.3) is 0 Å². The summed E-state index contributed by atoms with van der Waals surface area (Å²) in [6.07, 6.45) is -2.85. The third kappa shape index (κ3) is 3.53. The predicted octanol–water partition coefficient (Wildman–Crippen LogP) is 3.21. The van der Waals surface area contributed by atoms with Gasteiger partial charge in [0.2, 0.25) is 0 Å². The van der Waals surface area contributed by atoms with Crippen molar-refractivity contribution in [2.75, 3.05) is 4.72 Å². The molecular formula is C17H19F2N3O4S. The van der Waals surface area contributed by atoms with Crippen LogP contribution in [0.1, 0.15) is 48.3 Å². The number of ketones is 1. The van der Waals surface area contributed by atoms with E-state index < -0.39 is 32.6 Å². The Kier molecular flexibility index (Phi) is 4.49. The summed E-state index contributed by atoms with van der Waals surface area (Å²) in [5.74, 6) is 0.163. The van der Waals surface area contributed by atoms with Crippen LogP contribution in [0.2, 0.25) is 0 Å². The van der Waals surface area contributed by atoms with Crippen molar-refractivity contribution in [1.82, 2.24) is 9.78 Å². The van der Waals surface area contributed by atoms with Crippen molar-refractivity contribution in [2.24, 2.45) is 7.05 Å². The number of aryl methyl sites for hydroxylation is 2. The number of halogens is 2. The molecule has 0 spiro atoms. The summed E-state index contributed by atoms with van der Waals surface area (Å²) in [6, 6.07) is 4.24. The van der Waals surface area contributed by atoms with E-state index in [2.05, 4.69) is 9.82 Å². The molecule has 0 aliphatic carbocycles. The minimum atomic E-state index is -4.35. The molecule has 0 unspecified atom stereocenters. The summed E-state index contributed by atoms with van der Waals surface area (Å²) >= 11 is 0. The zero-order valence-electron chi connectivity index (χ0n) is 15.2. The van der Waals surface area contributed by atoms with Gasteiger partial charge in [0.05, 0.1) is 23.2 Å². The van der Waals surface area contributed by atoms with Gasteiger partial charge in [0.25, 0.3) is 16.4 Å². The Hall–Kier alpha value is -2.49. The van der Waals surface area contributed by atoms with Crippen molar-refractivity contribution in [2.45, 2.75) is 44.2 Å². The first-order valence-corrected chi connectivity index (χ1v) is 9.60. The van der Waals surface area contributed by atoms with Crippen LogP contribution in [0.3, 0.4) is 0 Å². The number of benzene rings is 1. The van der Waals surface area contributed by atoms with E-state index >= 15 is 0 Å². The summed E-state index contributed by atoms with van der Waals surface area (Å²) in [5, 5.41) is 3.17. The molecule has 1 N–H and O–H groups in total. The number of aromatic nitrogens is 2. The van der Waals surface area contributed by atoms with E-state index in [1.165, 1.54) is 32.2 Å². The topological polar surface area (TPSA) is 90.3 Å². The highest BCUT2D eigenvalue weighted by Crippen LogP contribution is 2.35. The van der Waals surface area contributed by atoms with Crippen molar-refractivity contribution in [1.29, 1.82) is 0 Å². The van der Waals surface area contributed by atoms with Crippen LogP contribution in [-0.2, 0) is 17.1 Å². The molecule has 146 valence electrons. The molecular weight excluding hydrogens is 380 g/mol. The van der Waals surface area contributed by atoms with Gasteiger partial charge in [-0.05, 0) is 39.0 Å². The second-order valence-electron chi connectivity index (χ2n) is 7.01. The Morgan fingerprint density at radius 1 is 1.33 bits per heavy atom. The number of sulfonamides is 1. The van der Waals surface area contributed by atoms with Gasteiger partial charge in [-0.1, -0.05) is 0 Å². The number of hydrogen-bond acceptors (Lipinski definition) is 5. The maximum Gasteiger partial charge on any atom is 0.279 e. The highest BCUT2D eigenvalue weighted by molar-refractivity contribution is 7.92. The molecule has 0 saturated carbocycles. The molecule has 7 nitrogen and oxygen atoms in total.